The molecule has 1 aromatic heterocycles. The zero-order valence-electron chi connectivity index (χ0n) is 13.7. The third-order valence-corrected chi connectivity index (χ3v) is 6.22. The van der Waals surface area contributed by atoms with Crippen molar-refractivity contribution in [3.05, 3.63) is 56.7 Å². The minimum atomic E-state index is -0.0997. The standard InChI is InChI=1S/C20H19ClN2OS/c21-15-4-2-14(3-5-15)20-17-8-10-25-18(17)7-9-23(20)19(24)6-1-13-11-16(22)12-13/h2-5,8,10,13,16,20H,7,9,11-12,22H2. The minimum absolute atomic E-state index is 0.0854. The van der Waals surface area contributed by atoms with Gasteiger partial charge in [0.05, 0.1) is 6.04 Å². The molecular formula is C20H19ClN2OS. The first-order chi connectivity index (χ1) is 12.1. The van der Waals surface area contributed by atoms with Gasteiger partial charge in [-0.3, -0.25) is 4.79 Å². The Balaban J connectivity index is 1.63. The van der Waals surface area contributed by atoms with Crippen LogP contribution < -0.4 is 5.73 Å². The molecule has 0 radical (unpaired) electrons. The second kappa shape index (κ2) is 6.84. The number of nitrogens with two attached hydrogens (primary N) is 1. The summed E-state index contributed by atoms with van der Waals surface area (Å²) >= 11 is 7.79. The second-order valence-corrected chi connectivity index (χ2v) is 8.14. The second-order valence-electron chi connectivity index (χ2n) is 6.70. The Morgan fingerprint density at radius 2 is 2.00 bits per heavy atom. The molecule has 0 bridgehead atoms. The summed E-state index contributed by atoms with van der Waals surface area (Å²) in [6, 6.07) is 10.0. The summed E-state index contributed by atoms with van der Waals surface area (Å²) in [6.45, 7) is 0.693. The van der Waals surface area contributed by atoms with Crippen molar-refractivity contribution in [1.82, 2.24) is 4.90 Å². The molecular weight excluding hydrogens is 352 g/mol. The van der Waals surface area contributed by atoms with E-state index in [1.807, 2.05) is 29.2 Å². The van der Waals surface area contributed by atoms with Crippen LogP contribution in [0.2, 0.25) is 5.02 Å². The van der Waals surface area contributed by atoms with Crippen molar-refractivity contribution in [2.75, 3.05) is 6.54 Å². The van der Waals surface area contributed by atoms with Crippen molar-refractivity contribution in [3.63, 3.8) is 0 Å². The van der Waals surface area contributed by atoms with Gasteiger partial charge in [-0.05, 0) is 59.9 Å². The third-order valence-electron chi connectivity index (χ3n) is 4.97. The third kappa shape index (κ3) is 3.32. The fourth-order valence-corrected chi connectivity index (χ4v) is 4.58. The van der Waals surface area contributed by atoms with E-state index in [9.17, 15) is 4.79 Å². The number of carbonyl (C=O) groups is 1. The average molecular weight is 371 g/mol. The van der Waals surface area contributed by atoms with Crippen LogP contribution in [0.25, 0.3) is 0 Å². The molecule has 1 aliphatic heterocycles. The van der Waals surface area contributed by atoms with Crippen molar-refractivity contribution < 1.29 is 4.79 Å². The molecule has 1 aliphatic carbocycles. The molecule has 128 valence electrons. The monoisotopic (exact) mass is 370 g/mol. The van der Waals surface area contributed by atoms with Crippen LogP contribution in [-0.2, 0) is 11.2 Å². The Morgan fingerprint density at radius 3 is 2.72 bits per heavy atom. The van der Waals surface area contributed by atoms with Crippen LogP contribution in [0.4, 0.5) is 0 Å². The van der Waals surface area contributed by atoms with E-state index in [0.717, 1.165) is 24.8 Å². The number of halogens is 1. The molecule has 0 spiro atoms. The molecule has 4 rings (SSSR count). The minimum Gasteiger partial charge on any atom is -0.328 e. The maximum Gasteiger partial charge on any atom is 0.299 e. The summed E-state index contributed by atoms with van der Waals surface area (Å²) in [4.78, 5) is 16.0. The van der Waals surface area contributed by atoms with E-state index >= 15 is 0 Å². The smallest absolute Gasteiger partial charge is 0.299 e. The van der Waals surface area contributed by atoms with Gasteiger partial charge in [-0.15, -0.1) is 11.3 Å². The molecule has 2 heterocycles. The normalized spacial score (nSPS) is 24.7. The summed E-state index contributed by atoms with van der Waals surface area (Å²) in [5.41, 5.74) is 8.08. The number of hydrogen-bond acceptors (Lipinski definition) is 3. The summed E-state index contributed by atoms with van der Waals surface area (Å²) in [5.74, 6) is 6.15. The van der Waals surface area contributed by atoms with Crippen LogP contribution in [0.1, 0.15) is 34.9 Å². The number of hydrogen-bond donors (Lipinski definition) is 1. The van der Waals surface area contributed by atoms with Crippen molar-refractivity contribution >= 4 is 28.8 Å². The molecule has 2 N–H and O–H groups in total. The van der Waals surface area contributed by atoms with E-state index in [-0.39, 0.29) is 23.9 Å². The summed E-state index contributed by atoms with van der Waals surface area (Å²) in [6.07, 6.45) is 2.68. The summed E-state index contributed by atoms with van der Waals surface area (Å²) < 4.78 is 0. The van der Waals surface area contributed by atoms with Crippen LogP contribution in [0.3, 0.4) is 0 Å². The van der Waals surface area contributed by atoms with Gasteiger partial charge in [-0.1, -0.05) is 29.7 Å². The first-order valence-electron chi connectivity index (χ1n) is 8.51. The van der Waals surface area contributed by atoms with E-state index in [1.165, 1.54) is 10.4 Å². The van der Waals surface area contributed by atoms with Gasteiger partial charge in [-0.2, -0.15) is 0 Å². The number of thiophene rings is 1. The maximum atomic E-state index is 12.8. The first-order valence-corrected chi connectivity index (χ1v) is 9.77. The lowest BCUT2D eigenvalue weighted by molar-refractivity contribution is -0.127. The van der Waals surface area contributed by atoms with Crippen LogP contribution >= 0.6 is 22.9 Å². The Kier molecular flexibility index (Phi) is 4.56. The van der Waals surface area contributed by atoms with Crippen LogP contribution in [0.5, 0.6) is 0 Å². The highest BCUT2D eigenvalue weighted by atomic mass is 35.5. The van der Waals surface area contributed by atoms with E-state index < -0.39 is 0 Å². The first kappa shape index (κ1) is 16.7. The zero-order chi connectivity index (χ0) is 17.4. The predicted octanol–water partition coefficient (Wildman–Crippen LogP) is 3.62. The largest absolute Gasteiger partial charge is 0.328 e. The van der Waals surface area contributed by atoms with Crippen LogP contribution in [0.15, 0.2) is 35.7 Å². The van der Waals surface area contributed by atoms with Crippen molar-refractivity contribution in [2.45, 2.75) is 31.3 Å². The van der Waals surface area contributed by atoms with Crippen molar-refractivity contribution in [1.29, 1.82) is 0 Å². The van der Waals surface area contributed by atoms with Gasteiger partial charge in [0.25, 0.3) is 5.91 Å². The summed E-state index contributed by atoms with van der Waals surface area (Å²) in [7, 11) is 0. The number of amides is 1. The zero-order valence-corrected chi connectivity index (χ0v) is 15.3. The molecule has 0 saturated heterocycles. The lowest BCUT2D eigenvalue weighted by atomic mass is 9.81. The summed E-state index contributed by atoms with van der Waals surface area (Å²) in [5, 5.41) is 2.80. The van der Waals surface area contributed by atoms with Gasteiger partial charge >= 0.3 is 0 Å². The topological polar surface area (TPSA) is 46.3 Å². The molecule has 1 amide bonds. The van der Waals surface area contributed by atoms with Crippen LogP contribution in [0, 0.1) is 17.8 Å². The van der Waals surface area contributed by atoms with Gasteiger partial charge in [0, 0.05) is 28.4 Å². The van der Waals surface area contributed by atoms with Crippen LogP contribution in [-0.4, -0.2) is 23.4 Å². The Labute approximate surface area is 156 Å². The van der Waals surface area contributed by atoms with E-state index in [0.29, 0.717) is 11.6 Å². The molecule has 2 aliphatic rings. The van der Waals surface area contributed by atoms with Gasteiger partial charge in [0.2, 0.25) is 0 Å². The molecule has 1 fully saturated rings. The molecule has 2 aromatic rings. The average Bonchev–Trinajstić information content (AvgIpc) is 3.06. The molecule has 25 heavy (non-hydrogen) atoms. The fourth-order valence-electron chi connectivity index (χ4n) is 3.56. The number of benzene rings is 1. The van der Waals surface area contributed by atoms with Gasteiger partial charge in [-0.25, -0.2) is 0 Å². The molecule has 1 aromatic carbocycles. The number of carbonyl (C=O) groups excluding carboxylic acids is 1. The van der Waals surface area contributed by atoms with E-state index in [4.69, 9.17) is 17.3 Å². The number of fused-ring (bicyclic) bond motifs is 1. The predicted molar refractivity (Wildman–Crippen MR) is 102 cm³/mol. The SMILES string of the molecule is NC1CC(C#CC(=O)N2CCc3sccc3C2c2ccc(Cl)cc2)C1. The van der Waals surface area contributed by atoms with Gasteiger partial charge in [0.1, 0.15) is 0 Å². The van der Waals surface area contributed by atoms with E-state index in [2.05, 4.69) is 23.3 Å². The van der Waals surface area contributed by atoms with Crippen molar-refractivity contribution in [3.8, 4) is 11.8 Å². The fraction of sp³-hybridized carbons (Fsp3) is 0.350. The lowest BCUT2D eigenvalue weighted by Gasteiger charge is -2.35. The quantitative estimate of drug-likeness (QED) is 0.779. The molecule has 3 nitrogen and oxygen atoms in total. The Morgan fingerprint density at radius 1 is 1.24 bits per heavy atom. The van der Waals surface area contributed by atoms with Gasteiger partial charge < -0.3 is 10.6 Å². The maximum absolute atomic E-state index is 12.8. The number of nitrogens with zero attached hydrogens (tertiary/aromatic N) is 1. The molecule has 1 saturated carbocycles. The highest BCUT2D eigenvalue weighted by molar-refractivity contribution is 7.10. The highest BCUT2D eigenvalue weighted by Gasteiger charge is 2.32. The molecule has 5 heteroatoms. The Hall–Kier alpha value is -1.80. The van der Waals surface area contributed by atoms with E-state index in [1.54, 1.807) is 11.3 Å². The molecule has 1 unspecified atom stereocenters. The Bertz CT molecular complexity index is 843. The lowest BCUT2D eigenvalue weighted by Crippen LogP contribution is -2.40. The van der Waals surface area contributed by atoms with Gasteiger partial charge in [0.15, 0.2) is 0 Å². The van der Waals surface area contributed by atoms with Crippen molar-refractivity contribution in [2.24, 2.45) is 11.7 Å². The highest BCUT2D eigenvalue weighted by Crippen LogP contribution is 2.38. The number of rotatable bonds is 1. The molecule has 1 atom stereocenters.